The molecule has 1 spiro atoms. The van der Waals surface area contributed by atoms with Crippen LogP contribution >= 0.6 is 0 Å². The Morgan fingerprint density at radius 3 is 2.05 bits per heavy atom. The van der Waals surface area contributed by atoms with Gasteiger partial charge in [0.2, 0.25) is 0 Å². The molecule has 1 aromatic rings. The van der Waals surface area contributed by atoms with Crippen LogP contribution in [0.4, 0.5) is 5.69 Å². The number of hydrogen-bond acceptors (Lipinski definition) is 1. The number of nitrogens with zero attached hydrogens (tertiary/aromatic N) is 1. The molecule has 1 saturated heterocycles. The lowest BCUT2D eigenvalue weighted by Gasteiger charge is -2.53. The van der Waals surface area contributed by atoms with Crippen LogP contribution in [0.15, 0.2) is 12.1 Å². The molecule has 1 heteroatoms. The van der Waals surface area contributed by atoms with Crippen LogP contribution in [0.25, 0.3) is 0 Å². The molecule has 1 aliphatic heterocycles. The molecule has 0 amide bonds. The summed E-state index contributed by atoms with van der Waals surface area (Å²) in [4.78, 5) is 2.52. The van der Waals surface area contributed by atoms with Gasteiger partial charge >= 0.3 is 0 Å². The lowest BCUT2D eigenvalue weighted by Crippen LogP contribution is -2.52. The minimum atomic E-state index is 0.174. The molecule has 1 aliphatic carbocycles. The summed E-state index contributed by atoms with van der Waals surface area (Å²) >= 11 is 0. The summed E-state index contributed by atoms with van der Waals surface area (Å²) in [6.45, 7) is 15.5. The molecule has 1 nitrogen and oxygen atoms in total. The van der Waals surface area contributed by atoms with Gasteiger partial charge in [-0.2, -0.15) is 0 Å². The zero-order valence-corrected chi connectivity index (χ0v) is 15.1. The molecule has 2 fully saturated rings. The van der Waals surface area contributed by atoms with E-state index in [1.165, 1.54) is 67.3 Å². The summed E-state index contributed by atoms with van der Waals surface area (Å²) < 4.78 is 0. The van der Waals surface area contributed by atoms with Crippen LogP contribution in [0.3, 0.4) is 0 Å². The SMILES string of the molecule is Cc1cc(C)c(N2[C]C3(CCCCC3)CCC2(C)C)c(C)c1. The molecule has 2 aliphatic rings. The number of rotatable bonds is 1. The second kappa shape index (κ2) is 5.58. The third-order valence-corrected chi connectivity index (χ3v) is 5.84. The van der Waals surface area contributed by atoms with E-state index in [2.05, 4.69) is 58.2 Å². The predicted octanol–water partition coefficient (Wildman–Crippen LogP) is 5.98. The van der Waals surface area contributed by atoms with Crippen molar-refractivity contribution in [3.05, 3.63) is 35.4 Å². The monoisotopic (exact) mass is 297 g/mol. The van der Waals surface area contributed by atoms with Crippen molar-refractivity contribution in [2.75, 3.05) is 4.90 Å². The average Bonchev–Trinajstić information content (AvgIpc) is 2.43. The number of benzene rings is 1. The molecule has 3 rings (SSSR count). The van der Waals surface area contributed by atoms with Gasteiger partial charge in [0.1, 0.15) is 0 Å². The van der Waals surface area contributed by atoms with Gasteiger partial charge in [-0.05, 0) is 76.8 Å². The number of piperidine rings is 1. The van der Waals surface area contributed by atoms with Crippen molar-refractivity contribution in [2.45, 2.75) is 85.1 Å². The molecule has 0 unspecified atom stereocenters. The van der Waals surface area contributed by atoms with Crippen molar-refractivity contribution >= 4 is 5.69 Å². The van der Waals surface area contributed by atoms with Gasteiger partial charge in [-0.3, -0.25) is 0 Å². The third-order valence-electron chi connectivity index (χ3n) is 5.84. The van der Waals surface area contributed by atoms with Crippen LogP contribution in [0, 0.1) is 32.7 Å². The van der Waals surface area contributed by atoms with E-state index in [-0.39, 0.29) is 5.54 Å². The first-order valence-electron chi connectivity index (χ1n) is 8.99. The molecule has 0 bridgehead atoms. The standard InChI is InChI=1S/C21H31N/c1-16-13-17(2)19(18(3)14-16)22-15-21(9-7-6-8-10-21)12-11-20(22,4)5/h13-14H,6-12H2,1-5H3. The van der Waals surface area contributed by atoms with E-state index in [0.717, 1.165) is 0 Å². The Hall–Kier alpha value is -0.980. The summed E-state index contributed by atoms with van der Waals surface area (Å²) in [5, 5.41) is 0. The normalized spacial score (nSPS) is 23.8. The topological polar surface area (TPSA) is 3.24 Å². The fourth-order valence-corrected chi connectivity index (χ4v) is 4.58. The average molecular weight is 297 g/mol. The second-order valence-corrected chi connectivity index (χ2v) is 8.35. The van der Waals surface area contributed by atoms with E-state index in [9.17, 15) is 0 Å². The van der Waals surface area contributed by atoms with Gasteiger partial charge in [-0.15, -0.1) is 0 Å². The van der Waals surface area contributed by atoms with Gasteiger partial charge in [0.15, 0.2) is 0 Å². The first kappa shape index (κ1) is 15.9. The molecule has 120 valence electrons. The quantitative estimate of drug-likeness (QED) is 0.616. The zero-order chi connectivity index (χ0) is 16.0. The van der Waals surface area contributed by atoms with Crippen molar-refractivity contribution in [2.24, 2.45) is 5.41 Å². The predicted molar refractivity (Wildman–Crippen MR) is 95.2 cm³/mol. The summed E-state index contributed by atoms with van der Waals surface area (Å²) in [5.74, 6) is 0. The van der Waals surface area contributed by atoms with Crippen molar-refractivity contribution < 1.29 is 0 Å². The Morgan fingerprint density at radius 2 is 1.45 bits per heavy atom. The minimum absolute atomic E-state index is 0.174. The Labute approximate surface area is 137 Å². The van der Waals surface area contributed by atoms with Crippen molar-refractivity contribution in [1.29, 1.82) is 0 Å². The van der Waals surface area contributed by atoms with Gasteiger partial charge in [0.05, 0.1) is 6.54 Å². The van der Waals surface area contributed by atoms with E-state index in [1.807, 2.05) is 0 Å². The van der Waals surface area contributed by atoms with Crippen molar-refractivity contribution in [3.8, 4) is 0 Å². The molecular weight excluding hydrogens is 266 g/mol. The summed E-state index contributed by atoms with van der Waals surface area (Å²) in [6, 6.07) is 4.64. The Balaban J connectivity index is 1.99. The maximum Gasteiger partial charge on any atom is 0.0985 e. The first-order chi connectivity index (χ1) is 10.3. The molecule has 0 N–H and O–H groups in total. The highest BCUT2D eigenvalue weighted by Gasteiger charge is 2.45. The van der Waals surface area contributed by atoms with Gasteiger partial charge < -0.3 is 4.90 Å². The Morgan fingerprint density at radius 1 is 0.864 bits per heavy atom. The van der Waals surface area contributed by atoms with E-state index in [1.54, 1.807) is 0 Å². The lowest BCUT2D eigenvalue weighted by atomic mass is 9.66. The highest BCUT2D eigenvalue weighted by molar-refractivity contribution is 5.63. The van der Waals surface area contributed by atoms with E-state index < -0.39 is 0 Å². The number of aryl methyl sites for hydroxylation is 3. The summed E-state index contributed by atoms with van der Waals surface area (Å²) in [7, 11) is 0. The second-order valence-electron chi connectivity index (χ2n) is 8.35. The molecule has 1 heterocycles. The van der Waals surface area contributed by atoms with Crippen molar-refractivity contribution in [3.63, 3.8) is 0 Å². The van der Waals surface area contributed by atoms with E-state index in [4.69, 9.17) is 0 Å². The molecule has 1 saturated carbocycles. The van der Waals surface area contributed by atoms with Gasteiger partial charge in [-0.25, -0.2) is 0 Å². The zero-order valence-electron chi connectivity index (χ0n) is 15.1. The molecular formula is C21H31N. The first-order valence-corrected chi connectivity index (χ1v) is 8.99. The van der Waals surface area contributed by atoms with Crippen LogP contribution in [0.5, 0.6) is 0 Å². The van der Waals surface area contributed by atoms with Crippen LogP contribution in [-0.4, -0.2) is 5.54 Å². The van der Waals surface area contributed by atoms with Crippen molar-refractivity contribution in [1.82, 2.24) is 0 Å². The molecule has 0 aromatic heterocycles. The third kappa shape index (κ3) is 2.79. The van der Waals surface area contributed by atoms with Crippen LogP contribution in [-0.2, 0) is 0 Å². The number of hydrogen-bond donors (Lipinski definition) is 0. The maximum absolute atomic E-state index is 4.01. The fourth-order valence-electron chi connectivity index (χ4n) is 4.58. The smallest absolute Gasteiger partial charge is 0.0985 e. The summed E-state index contributed by atoms with van der Waals surface area (Å²) in [6.07, 6.45) is 9.44. The molecule has 1 aromatic carbocycles. The molecule has 22 heavy (non-hydrogen) atoms. The minimum Gasteiger partial charge on any atom is -0.355 e. The van der Waals surface area contributed by atoms with E-state index >= 15 is 0 Å². The maximum atomic E-state index is 4.01. The summed E-state index contributed by atoms with van der Waals surface area (Å²) in [5.41, 5.74) is 6.07. The molecule has 2 radical (unpaired) electrons. The number of anilines is 1. The molecule has 0 atom stereocenters. The van der Waals surface area contributed by atoms with E-state index in [0.29, 0.717) is 5.41 Å². The van der Waals surface area contributed by atoms with Crippen LogP contribution in [0.2, 0.25) is 0 Å². The highest BCUT2D eigenvalue weighted by Crippen LogP contribution is 2.51. The Bertz CT molecular complexity index is 526. The van der Waals surface area contributed by atoms with Gasteiger partial charge in [0.25, 0.3) is 0 Å². The lowest BCUT2D eigenvalue weighted by molar-refractivity contribution is 0.154. The van der Waals surface area contributed by atoms with Crippen LogP contribution in [0.1, 0.15) is 75.5 Å². The fraction of sp³-hybridized carbons (Fsp3) is 0.667. The Kier molecular flexibility index (Phi) is 4.03. The van der Waals surface area contributed by atoms with Gasteiger partial charge in [0, 0.05) is 11.2 Å². The largest absolute Gasteiger partial charge is 0.355 e. The van der Waals surface area contributed by atoms with Gasteiger partial charge in [-0.1, -0.05) is 37.0 Å². The van der Waals surface area contributed by atoms with Crippen LogP contribution < -0.4 is 4.90 Å². The highest BCUT2D eigenvalue weighted by atomic mass is 15.2.